The van der Waals surface area contributed by atoms with Gasteiger partial charge in [-0.05, 0) is 24.1 Å². The first-order valence-corrected chi connectivity index (χ1v) is 9.47. The predicted octanol–water partition coefficient (Wildman–Crippen LogP) is 1.14. The average molecular weight is 370 g/mol. The highest BCUT2D eigenvalue weighted by molar-refractivity contribution is 7.91. The molecule has 1 unspecified atom stereocenters. The van der Waals surface area contributed by atoms with Crippen LogP contribution in [0.15, 0.2) is 34.7 Å². The SMILES string of the molecule is NS(=O)(=O)c1cnc(NC2CCN(Cc3ccc(F)cc3)C2=O)s1. The Morgan fingerprint density at radius 3 is 2.71 bits per heavy atom. The normalized spacial score (nSPS) is 18.2. The Bertz CT molecular complexity index is 851. The van der Waals surface area contributed by atoms with Gasteiger partial charge >= 0.3 is 0 Å². The van der Waals surface area contributed by atoms with Crippen molar-refractivity contribution >= 4 is 32.4 Å². The van der Waals surface area contributed by atoms with Crippen molar-refractivity contribution in [3.05, 3.63) is 41.8 Å². The molecule has 0 aliphatic carbocycles. The minimum Gasteiger partial charge on any atom is -0.350 e. The van der Waals surface area contributed by atoms with Crippen molar-refractivity contribution < 1.29 is 17.6 Å². The molecular formula is C14H15FN4O3S2. The van der Waals surface area contributed by atoms with Gasteiger partial charge in [-0.15, -0.1) is 0 Å². The third-order valence-electron chi connectivity index (χ3n) is 3.65. The van der Waals surface area contributed by atoms with E-state index in [0.29, 0.717) is 24.6 Å². The zero-order chi connectivity index (χ0) is 17.3. The molecule has 1 fully saturated rings. The molecule has 1 aromatic heterocycles. The molecule has 24 heavy (non-hydrogen) atoms. The number of carbonyl (C=O) groups is 1. The monoisotopic (exact) mass is 370 g/mol. The van der Waals surface area contributed by atoms with Crippen LogP contribution in [-0.4, -0.2) is 36.8 Å². The number of nitrogens with zero attached hydrogens (tertiary/aromatic N) is 2. The van der Waals surface area contributed by atoms with Crippen molar-refractivity contribution in [3.8, 4) is 0 Å². The Labute approximate surface area is 142 Å². The number of likely N-dealkylation sites (tertiary alicyclic amines) is 1. The van der Waals surface area contributed by atoms with E-state index in [1.165, 1.54) is 12.1 Å². The fourth-order valence-corrected chi connectivity index (χ4v) is 3.95. The van der Waals surface area contributed by atoms with Gasteiger partial charge in [-0.2, -0.15) is 0 Å². The van der Waals surface area contributed by atoms with E-state index >= 15 is 0 Å². The van der Waals surface area contributed by atoms with E-state index in [1.807, 2.05) is 0 Å². The Hall–Kier alpha value is -2.04. The van der Waals surface area contributed by atoms with Crippen molar-refractivity contribution in [2.24, 2.45) is 5.14 Å². The Kier molecular flexibility index (Phi) is 4.52. The first kappa shape index (κ1) is 16.8. The lowest BCUT2D eigenvalue weighted by molar-refractivity contribution is -0.128. The van der Waals surface area contributed by atoms with Gasteiger partial charge in [-0.25, -0.2) is 22.9 Å². The molecule has 2 aromatic rings. The second-order valence-electron chi connectivity index (χ2n) is 5.40. The highest BCUT2D eigenvalue weighted by Crippen LogP contribution is 2.25. The van der Waals surface area contributed by atoms with Gasteiger partial charge in [-0.3, -0.25) is 4.79 Å². The lowest BCUT2D eigenvalue weighted by Crippen LogP contribution is -2.33. The molecule has 0 saturated carbocycles. The highest BCUT2D eigenvalue weighted by atomic mass is 32.2. The maximum Gasteiger partial charge on any atom is 0.249 e. The van der Waals surface area contributed by atoms with Gasteiger partial charge < -0.3 is 10.2 Å². The van der Waals surface area contributed by atoms with Crippen LogP contribution in [0.5, 0.6) is 0 Å². The summed E-state index contributed by atoms with van der Waals surface area (Å²) < 4.78 is 35.4. The van der Waals surface area contributed by atoms with Crippen molar-refractivity contribution in [2.75, 3.05) is 11.9 Å². The molecule has 1 atom stereocenters. The number of nitrogens with one attached hydrogen (secondary N) is 1. The zero-order valence-electron chi connectivity index (χ0n) is 12.5. The summed E-state index contributed by atoms with van der Waals surface area (Å²) in [6, 6.07) is 5.53. The zero-order valence-corrected chi connectivity index (χ0v) is 14.1. The number of hydrogen-bond donors (Lipinski definition) is 2. The molecule has 7 nitrogen and oxygen atoms in total. The molecule has 128 valence electrons. The molecule has 1 aliphatic heterocycles. The molecule has 3 N–H and O–H groups in total. The smallest absolute Gasteiger partial charge is 0.249 e. The summed E-state index contributed by atoms with van der Waals surface area (Å²) >= 11 is 0.888. The molecule has 1 amide bonds. The van der Waals surface area contributed by atoms with Crippen LogP contribution in [0, 0.1) is 5.82 Å². The van der Waals surface area contributed by atoms with Crippen LogP contribution in [0.2, 0.25) is 0 Å². The molecule has 0 bridgehead atoms. The Morgan fingerprint density at radius 2 is 2.08 bits per heavy atom. The van der Waals surface area contributed by atoms with Crippen LogP contribution >= 0.6 is 11.3 Å². The van der Waals surface area contributed by atoms with E-state index < -0.39 is 16.1 Å². The van der Waals surface area contributed by atoms with Crippen molar-refractivity contribution in [3.63, 3.8) is 0 Å². The topological polar surface area (TPSA) is 105 Å². The minimum absolute atomic E-state index is 0.0568. The Balaban J connectivity index is 1.63. The quantitative estimate of drug-likeness (QED) is 0.821. The van der Waals surface area contributed by atoms with E-state index in [1.54, 1.807) is 17.0 Å². The number of amides is 1. The molecule has 1 aliphatic rings. The first-order chi connectivity index (χ1) is 11.3. The summed E-state index contributed by atoms with van der Waals surface area (Å²) in [6.07, 6.45) is 1.74. The van der Waals surface area contributed by atoms with Gasteiger partial charge in [0, 0.05) is 13.1 Å². The summed E-state index contributed by atoms with van der Waals surface area (Å²) in [6.45, 7) is 0.957. The minimum atomic E-state index is -3.79. The number of primary sulfonamides is 1. The van der Waals surface area contributed by atoms with Gasteiger partial charge in [-0.1, -0.05) is 23.5 Å². The number of thiazole rings is 1. The van der Waals surface area contributed by atoms with Crippen LogP contribution in [0.1, 0.15) is 12.0 Å². The average Bonchev–Trinajstić information content (AvgIpc) is 3.11. The van der Waals surface area contributed by atoms with Crippen molar-refractivity contribution in [1.29, 1.82) is 0 Å². The standard InChI is InChI=1S/C14H15FN4O3S2/c15-10-3-1-9(2-4-10)8-19-6-5-11(13(19)20)18-14-17-7-12(23-14)24(16,21)22/h1-4,7,11H,5-6,8H2,(H,17,18)(H2,16,21,22). The van der Waals surface area contributed by atoms with Crippen LogP contribution < -0.4 is 10.5 Å². The molecule has 3 rings (SSSR count). The fraction of sp³-hybridized carbons (Fsp3) is 0.286. The van der Waals surface area contributed by atoms with Crippen LogP contribution in [0.25, 0.3) is 0 Å². The lowest BCUT2D eigenvalue weighted by atomic mass is 10.2. The molecule has 1 aromatic carbocycles. The molecule has 1 saturated heterocycles. The number of benzene rings is 1. The van der Waals surface area contributed by atoms with Crippen LogP contribution in [0.3, 0.4) is 0 Å². The largest absolute Gasteiger partial charge is 0.350 e. The number of hydrogen-bond acceptors (Lipinski definition) is 6. The molecule has 0 radical (unpaired) electrons. The van der Waals surface area contributed by atoms with E-state index in [0.717, 1.165) is 23.1 Å². The third-order valence-corrected chi connectivity index (χ3v) is 5.98. The number of rotatable bonds is 5. The summed E-state index contributed by atoms with van der Waals surface area (Å²) in [5.41, 5.74) is 0.844. The number of nitrogens with two attached hydrogens (primary N) is 1. The van der Waals surface area contributed by atoms with Gasteiger partial charge in [0.25, 0.3) is 0 Å². The predicted molar refractivity (Wildman–Crippen MR) is 87.3 cm³/mol. The van der Waals surface area contributed by atoms with Crippen LogP contribution in [-0.2, 0) is 21.4 Å². The second-order valence-corrected chi connectivity index (χ2v) is 8.22. The summed E-state index contributed by atoms with van der Waals surface area (Å²) in [5.74, 6) is -0.424. The first-order valence-electron chi connectivity index (χ1n) is 7.11. The number of sulfonamides is 1. The van der Waals surface area contributed by atoms with Crippen LogP contribution in [0.4, 0.5) is 9.52 Å². The summed E-state index contributed by atoms with van der Waals surface area (Å²) in [4.78, 5) is 18.0. The van der Waals surface area contributed by atoms with E-state index in [9.17, 15) is 17.6 Å². The fourth-order valence-electron chi connectivity index (χ4n) is 2.45. The maximum atomic E-state index is 12.9. The van der Waals surface area contributed by atoms with Gasteiger partial charge in [0.1, 0.15) is 11.9 Å². The number of anilines is 1. The number of carbonyl (C=O) groups excluding carboxylic acids is 1. The van der Waals surface area contributed by atoms with E-state index in [2.05, 4.69) is 10.3 Å². The Morgan fingerprint density at radius 1 is 1.38 bits per heavy atom. The van der Waals surface area contributed by atoms with Gasteiger partial charge in [0.2, 0.25) is 15.9 Å². The molecule has 0 spiro atoms. The highest BCUT2D eigenvalue weighted by Gasteiger charge is 2.32. The maximum absolute atomic E-state index is 12.9. The van der Waals surface area contributed by atoms with Crippen molar-refractivity contribution in [2.45, 2.75) is 23.2 Å². The lowest BCUT2D eigenvalue weighted by Gasteiger charge is -2.17. The van der Waals surface area contributed by atoms with E-state index in [-0.39, 0.29) is 15.9 Å². The van der Waals surface area contributed by atoms with E-state index in [4.69, 9.17) is 5.14 Å². The molecular weight excluding hydrogens is 355 g/mol. The summed E-state index contributed by atoms with van der Waals surface area (Å²) in [7, 11) is -3.79. The molecule has 2 heterocycles. The summed E-state index contributed by atoms with van der Waals surface area (Å²) in [5, 5.41) is 8.32. The molecule has 10 heteroatoms. The van der Waals surface area contributed by atoms with Crippen molar-refractivity contribution in [1.82, 2.24) is 9.88 Å². The number of halogens is 1. The number of aromatic nitrogens is 1. The second kappa shape index (κ2) is 6.46. The van der Waals surface area contributed by atoms with Gasteiger partial charge in [0.05, 0.1) is 6.20 Å². The third kappa shape index (κ3) is 3.71. The van der Waals surface area contributed by atoms with Gasteiger partial charge in [0.15, 0.2) is 9.34 Å².